The van der Waals surface area contributed by atoms with Gasteiger partial charge in [0.25, 0.3) is 0 Å². The fourth-order valence-corrected chi connectivity index (χ4v) is 2.83. The first kappa shape index (κ1) is 13.5. The highest BCUT2D eigenvalue weighted by molar-refractivity contribution is 5.84. The highest BCUT2D eigenvalue weighted by Crippen LogP contribution is 2.31. The molecule has 1 atom stereocenters. The molecule has 0 saturated heterocycles. The third-order valence-corrected chi connectivity index (χ3v) is 3.94. The van der Waals surface area contributed by atoms with Crippen LogP contribution in [0.15, 0.2) is 79.5 Å². The lowest BCUT2D eigenvalue weighted by Gasteiger charge is -2.20. The van der Waals surface area contributed by atoms with Crippen LogP contribution in [0.25, 0.3) is 10.9 Å². The molecule has 4 heteroatoms. The van der Waals surface area contributed by atoms with Crippen LogP contribution in [0.5, 0.6) is 0 Å². The van der Waals surface area contributed by atoms with E-state index in [-0.39, 0.29) is 6.04 Å². The van der Waals surface area contributed by atoms with Crippen molar-refractivity contribution in [3.8, 4) is 0 Å². The Labute approximate surface area is 134 Å². The lowest BCUT2D eigenvalue weighted by Crippen LogP contribution is -2.12. The average molecular weight is 300 g/mol. The van der Waals surface area contributed by atoms with E-state index in [1.54, 1.807) is 18.6 Å². The molecule has 112 valence electrons. The number of nitrogens with zero attached hydrogens (tertiary/aromatic N) is 2. The first-order valence-electron chi connectivity index (χ1n) is 7.54. The third-order valence-electron chi connectivity index (χ3n) is 3.94. The van der Waals surface area contributed by atoms with Crippen molar-refractivity contribution in [2.24, 2.45) is 0 Å². The molecule has 23 heavy (non-hydrogen) atoms. The summed E-state index contributed by atoms with van der Waals surface area (Å²) >= 11 is 0. The Kier molecular flexibility index (Phi) is 3.48. The van der Waals surface area contributed by atoms with Crippen molar-refractivity contribution in [1.82, 2.24) is 15.0 Å². The molecule has 0 amide bonds. The molecule has 4 nitrogen and oxygen atoms in total. The summed E-state index contributed by atoms with van der Waals surface area (Å²) in [5.41, 5.74) is 4.48. The van der Waals surface area contributed by atoms with Crippen LogP contribution >= 0.6 is 0 Å². The number of rotatable bonds is 4. The van der Waals surface area contributed by atoms with E-state index in [1.165, 1.54) is 10.9 Å². The second-order valence-corrected chi connectivity index (χ2v) is 5.39. The van der Waals surface area contributed by atoms with Crippen molar-refractivity contribution in [2.75, 3.05) is 5.32 Å². The minimum Gasteiger partial charge on any atom is -0.374 e. The van der Waals surface area contributed by atoms with E-state index in [0.717, 1.165) is 16.8 Å². The van der Waals surface area contributed by atoms with E-state index in [0.29, 0.717) is 0 Å². The van der Waals surface area contributed by atoms with Gasteiger partial charge < -0.3 is 10.3 Å². The minimum absolute atomic E-state index is 0.0160. The molecule has 0 bridgehead atoms. The maximum Gasteiger partial charge on any atom is 0.0803 e. The molecule has 0 radical (unpaired) electrons. The van der Waals surface area contributed by atoms with Crippen LogP contribution in [0, 0.1) is 0 Å². The highest BCUT2D eigenvalue weighted by atomic mass is 14.9. The van der Waals surface area contributed by atoms with Crippen molar-refractivity contribution in [3.63, 3.8) is 0 Å². The normalized spacial score (nSPS) is 12.2. The maximum absolute atomic E-state index is 4.27. The van der Waals surface area contributed by atoms with Crippen molar-refractivity contribution in [1.29, 1.82) is 0 Å². The van der Waals surface area contributed by atoms with Gasteiger partial charge in [0.1, 0.15) is 0 Å². The van der Waals surface area contributed by atoms with Crippen LogP contribution in [0.1, 0.15) is 17.2 Å². The van der Waals surface area contributed by atoms with E-state index in [9.17, 15) is 0 Å². The van der Waals surface area contributed by atoms with E-state index < -0.39 is 0 Å². The molecule has 0 saturated carbocycles. The highest BCUT2D eigenvalue weighted by Gasteiger charge is 2.18. The van der Waals surface area contributed by atoms with E-state index >= 15 is 0 Å². The average Bonchev–Trinajstić information content (AvgIpc) is 3.05. The summed E-state index contributed by atoms with van der Waals surface area (Å²) in [6.07, 6.45) is 9.34. The number of benzene rings is 1. The smallest absolute Gasteiger partial charge is 0.0803 e. The number of aromatic amines is 1. The molecule has 0 fully saturated rings. The summed E-state index contributed by atoms with van der Waals surface area (Å²) in [4.78, 5) is 11.7. The number of hydrogen-bond donors (Lipinski definition) is 2. The quantitative estimate of drug-likeness (QED) is 0.595. The Morgan fingerprint density at radius 1 is 0.870 bits per heavy atom. The Morgan fingerprint density at radius 2 is 1.74 bits per heavy atom. The van der Waals surface area contributed by atoms with Crippen molar-refractivity contribution in [2.45, 2.75) is 6.04 Å². The van der Waals surface area contributed by atoms with Crippen LogP contribution in [-0.4, -0.2) is 15.0 Å². The summed E-state index contributed by atoms with van der Waals surface area (Å²) in [7, 11) is 0. The van der Waals surface area contributed by atoms with Crippen LogP contribution in [-0.2, 0) is 0 Å². The molecule has 0 spiro atoms. The number of hydrogen-bond acceptors (Lipinski definition) is 3. The molecular weight excluding hydrogens is 284 g/mol. The predicted molar refractivity (Wildman–Crippen MR) is 92.2 cm³/mol. The van der Waals surface area contributed by atoms with Gasteiger partial charge in [0.2, 0.25) is 0 Å². The standard InChI is InChI=1S/C19H16N4/c1-2-6-18-16(5-1)17(13-22-18)19(14-4-3-9-21-12-14)23-15-7-10-20-11-8-15/h1-13,19,22H,(H,20,23). The van der Waals surface area contributed by atoms with Gasteiger partial charge in [-0.2, -0.15) is 0 Å². The Balaban J connectivity index is 1.82. The third kappa shape index (κ3) is 2.66. The summed E-state index contributed by atoms with van der Waals surface area (Å²) in [6, 6.07) is 16.3. The molecular formula is C19H16N4. The first-order valence-corrected chi connectivity index (χ1v) is 7.54. The largest absolute Gasteiger partial charge is 0.374 e. The van der Waals surface area contributed by atoms with Gasteiger partial charge in [-0.05, 0) is 29.8 Å². The number of nitrogens with one attached hydrogen (secondary N) is 2. The fraction of sp³-hybridized carbons (Fsp3) is 0.0526. The molecule has 4 aromatic rings. The van der Waals surface area contributed by atoms with Gasteiger partial charge in [-0.3, -0.25) is 9.97 Å². The summed E-state index contributed by atoms with van der Waals surface area (Å²) in [5, 5.41) is 4.80. The Hall–Kier alpha value is -3.14. The van der Waals surface area contributed by atoms with Crippen molar-refractivity contribution >= 4 is 16.6 Å². The number of anilines is 1. The van der Waals surface area contributed by atoms with E-state index in [4.69, 9.17) is 0 Å². The van der Waals surface area contributed by atoms with Gasteiger partial charge in [-0.25, -0.2) is 0 Å². The number of pyridine rings is 2. The van der Waals surface area contributed by atoms with Crippen LogP contribution in [0.4, 0.5) is 5.69 Å². The number of aromatic nitrogens is 3. The predicted octanol–water partition coefficient (Wildman–Crippen LogP) is 4.16. The van der Waals surface area contributed by atoms with Crippen molar-refractivity contribution in [3.05, 3.63) is 90.6 Å². The molecule has 3 aromatic heterocycles. The van der Waals surface area contributed by atoms with Gasteiger partial charge in [0, 0.05) is 53.1 Å². The number of H-pyrrole nitrogens is 1. The van der Waals surface area contributed by atoms with E-state index in [2.05, 4.69) is 50.7 Å². The Morgan fingerprint density at radius 3 is 2.57 bits per heavy atom. The zero-order valence-electron chi connectivity index (χ0n) is 12.5. The zero-order valence-corrected chi connectivity index (χ0v) is 12.5. The molecule has 4 rings (SSSR count). The lowest BCUT2D eigenvalue weighted by molar-refractivity contribution is 0.935. The van der Waals surface area contributed by atoms with Gasteiger partial charge >= 0.3 is 0 Å². The number of para-hydroxylation sites is 1. The van der Waals surface area contributed by atoms with Gasteiger partial charge in [0.15, 0.2) is 0 Å². The number of fused-ring (bicyclic) bond motifs is 1. The van der Waals surface area contributed by atoms with Crippen LogP contribution in [0.2, 0.25) is 0 Å². The SMILES string of the molecule is c1cncc(C(Nc2ccncc2)c2c[nH]c3ccccc23)c1. The molecule has 0 aliphatic rings. The van der Waals surface area contributed by atoms with Crippen LogP contribution in [0.3, 0.4) is 0 Å². The Bertz CT molecular complexity index is 900. The molecule has 1 aromatic carbocycles. The molecule has 3 heterocycles. The van der Waals surface area contributed by atoms with Gasteiger partial charge in [-0.1, -0.05) is 24.3 Å². The molecule has 1 unspecified atom stereocenters. The second kappa shape index (κ2) is 5.93. The summed E-state index contributed by atoms with van der Waals surface area (Å²) in [5.74, 6) is 0. The monoisotopic (exact) mass is 300 g/mol. The summed E-state index contributed by atoms with van der Waals surface area (Å²) < 4.78 is 0. The minimum atomic E-state index is 0.0160. The first-order chi connectivity index (χ1) is 11.4. The fourth-order valence-electron chi connectivity index (χ4n) is 2.83. The maximum atomic E-state index is 4.27. The topological polar surface area (TPSA) is 53.6 Å². The second-order valence-electron chi connectivity index (χ2n) is 5.39. The molecule has 0 aliphatic carbocycles. The van der Waals surface area contributed by atoms with Gasteiger partial charge in [0.05, 0.1) is 6.04 Å². The van der Waals surface area contributed by atoms with Crippen LogP contribution < -0.4 is 5.32 Å². The van der Waals surface area contributed by atoms with Crippen molar-refractivity contribution < 1.29 is 0 Å². The van der Waals surface area contributed by atoms with E-state index in [1.807, 2.05) is 30.5 Å². The zero-order chi connectivity index (χ0) is 15.5. The summed E-state index contributed by atoms with van der Waals surface area (Å²) in [6.45, 7) is 0. The lowest BCUT2D eigenvalue weighted by atomic mass is 9.99. The molecule has 0 aliphatic heterocycles. The van der Waals surface area contributed by atoms with Gasteiger partial charge in [-0.15, -0.1) is 0 Å². The molecule has 2 N–H and O–H groups in total.